The topological polar surface area (TPSA) is 52.2 Å². The van der Waals surface area contributed by atoms with Gasteiger partial charge in [0.1, 0.15) is 5.65 Å². The SMILES string of the molecule is O=c1c2cccc(Br)c2cnn1CCc1cn2ccccc2n1. The molecule has 3 aromatic heterocycles. The standard InChI is InChI=1S/C17H13BrN4O/c18-15-5-3-4-13-14(15)10-19-22(17(13)23)9-7-12-11-21-8-2-1-6-16(21)20-12/h1-6,8,10-11H,7,9H2. The summed E-state index contributed by atoms with van der Waals surface area (Å²) in [5.74, 6) is 0. The summed E-state index contributed by atoms with van der Waals surface area (Å²) in [6, 6.07) is 11.5. The molecule has 0 aliphatic rings. The van der Waals surface area contributed by atoms with E-state index in [9.17, 15) is 4.79 Å². The van der Waals surface area contributed by atoms with Gasteiger partial charge < -0.3 is 4.40 Å². The van der Waals surface area contributed by atoms with Gasteiger partial charge in [-0.25, -0.2) is 9.67 Å². The Morgan fingerprint density at radius 3 is 2.87 bits per heavy atom. The highest BCUT2D eigenvalue weighted by molar-refractivity contribution is 9.10. The first-order valence-electron chi connectivity index (χ1n) is 7.29. The van der Waals surface area contributed by atoms with Gasteiger partial charge in [-0.15, -0.1) is 0 Å². The number of pyridine rings is 1. The maximum atomic E-state index is 12.5. The summed E-state index contributed by atoms with van der Waals surface area (Å²) in [7, 11) is 0. The molecule has 0 spiro atoms. The third-order valence-corrected chi connectivity index (χ3v) is 4.53. The molecule has 0 bridgehead atoms. The van der Waals surface area contributed by atoms with Gasteiger partial charge in [-0.1, -0.05) is 28.1 Å². The van der Waals surface area contributed by atoms with Crippen LogP contribution in [0, 0.1) is 0 Å². The zero-order valence-electron chi connectivity index (χ0n) is 12.2. The summed E-state index contributed by atoms with van der Waals surface area (Å²) in [6.45, 7) is 0.505. The molecule has 0 amide bonds. The monoisotopic (exact) mass is 368 g/mol. The molecule has 114 valence electrons. The summed E-state index contributed by atoms with van der Waals surface area (Å²) >= 11 is 3.45. The number of fused-ring (bicyclic) bond motifs is 2. The van der Waals surface area contributed by atoms with Crippen LogP contribution >= 0.6 is 15.9 Å². The Bertz CT molecular complexity index is 1030. The van der Waals surface area contributed by atoms with Gasteiger partial charge >= 0.3 is 0 Å². The van der Waals surface area contributed by atoms with Crippen molar-refractivity contribution in [2.45, 2.75) is 13.0 Å². The maximum absolute atomic E-state index is 12.5. The highest BCUT2D eigenvalue weighted by Gasteiger charge is 2.07. The van der Waals surface area contributed by atoms with E-state index >= 15 is 0 Å². The second kappa shape index (κ2) is 5.62. The van der Waals surface area contributed by atoms with Gasteiger partial charge in [0.25, 0.3) is 5.56 Å². The number of aromatic nitrogens is 4. The first-order chi connectivity index (χ1) is 11.2. The van der Waals surface area contributed by atoms with Gasteiger partial charge in [-0.05, 0) is 24.3 Å². The van der Waals surface area contributed by atoms with Crippen LogP contribution in [0.4, 0.5) is 0 Å². The van der Waals surface area contributed by atoms with Gasteiger partial charge in [-0.3, -0.25) is 4.79 Å². The fraction of sp³-hybridized carbons (Fsp3) is 0.118. The lowest BCUT2D eigenvalue weighted by Gasteiger charge is -2.05. The molecular formula is C17H13BrN4O. The molecule has 0 aliphatic carbocycles. The maximum Gasteiger partial charge on any atom is 0.274 e. The van der Waals surface area contributed by atoms with Crippen LogP contribution in [0.15, 0.2) is 64.3 Å². The van der Waals surface area contributed by atoms with Crippen LogP contribution in [0.1, 0.15) is 5.69 Å². The summed E-state index contributed by atoms with van der Waals surface area (Å²) in [4.78, 5) is 17.1. The lowest BCUT2D eigenvalue weighted by Crippen LogP contribution is -2.23. The second-order valence-electron chi connectivity index (χ2n) is 5.32. The van der Waals surface area contributed by atoms with Crippen LogP contribution in [0.3, 0.4) is 0 Å². The van der Waals surface area contributed by atoms with Crippen LogP contribution in [0.25, 0.3) is 16.4 Å². The number of nitrogens with zero attached hydrogens (tertiary/aromatic N) is 4. The molecule has 0 saturated heterocycles. The first kappa shape index (κ1) is 14.1. The quantitative estimate of drug-likeness (QED) is 0.558. The lowest BCUT2D eigenvalue weighted by molar-refractivity contribution is 0.580. The van der Waals surface area contributed by atoms with Crippen molar-refractivity contribution < 1.29 is 0 Å². The fourth-order valence-corrected chi connectivity index (χ4v) is 3.13. The lowest BCUT2D eigenvalue weighted by atomic mass is 10.2. The Morgan fingerprint density at radius 1 is 1.09 bits per heavy atom. The molecule has 3 heterocycles. The number of hydrogen-bond acceptors (Lipinski definition) is 3. The molecule has 23 heavy (non-hydrogen) atoms. The van der Waals surface area contributed by atoms with Gasteiger partial charge in [0.05, 0.1) is 23.8 Å². The van der Waals surface area contributed by atoms with Gasteiger partial charge in [0, 0.05) is 28.7 Å². The Morgan fingerprint density at radius 2 is 2.00 bits per heavy atom. The van der Waals surface area contributed by atoms with Crippen LogP contribution in [0.5, 0.6) is 0 Å². The molecule has 0 unspecified atom stereocenters. The molecule has 6 heteroatoms. The summed E-state index contributed by atoms with van der Waals surface area (Å²) in [5.41, 5.74) is 1.78. The van der Waals surface area contributed by atoms with E-state index in [0.717, 1.165) is 21.2 Å². The average molecular weight is 369 g/mol. The van der Waals surface area contributed by atoms with Crippen LogP contribution in [0.2, 0.25) is 0 Å². The number of imidazole rings is 1. The molecule has 0 N–H and O–H groups in total. The zero-order valence-corrected chi connectivity index (χ0v) is 13.8. The van der Waals surface area contributed by atoms with Crippen molar-refractivity contribution in [1.82, 2.24) is 19.2 Å². The normalized spacial score (nSPS) is 11.3. The van der Waals surface area contributed by atoms with Gasteiger partial charge in [-0.2, -0.15) is 5.10 Å². The highest BCUT2D eigenvalue weighted by atomic mass is 79.9. The van der Waals surface area contributed by atoms with E-state index in [4.69, 9.17) is 0 Å². The summed E-state index contributed by atoms with van der Waals surface area (Å²) < 4.78 is 4.36. The Kier molecular flexibility index (Phi) is 3.46. The van der Waals surface area contributed by atoms with Crippen molar-refractivity contribution in [3.8, 4) is 0 Å². The molecule has 0 atom stereocenters. The van der Waals surface area contributed by atoms with E-state index in [1.54, 1.807) is 6.20 Å². The summed E-state index contributed by atoms with van der Waals surface area (Å²) in [5, 5.41) is 5.78. The highest BCUT2D eigenvalue weighted by Crippen LogP contribution is 2.20. The van der Waals surface area contributed by atoms with E-state index in [0.29, 0.717) is 18.4 Å². The molecule has 5 nitrogen and oxygen atoms in total. The Balaban J connectivity index is 1.65. The smallest absolute Gasteiger partial charge is 0.274 e. The number of rotatable bonds is 3. The van der Waals surface area contributed by atoms with E-state index in [-0.39, 0.29) is 5.56 Å². The van der Waals surface area contributed by atoms with Crippen LogP contribution < -0.4 is 5.56 Å². The third-order valence-electron chi connectivity index (χ3n) is 3.84. The predicted octanol–water partition coefficient (Wildman–Crippen LogP) is 3.05. The van der Waals surface area contributed by atoms with Crippen molar-refractivity contribution in [2.75, 3.05) is 0 Å². The van der Waals surface area contributed by atoms with Crippen molar-refractivity contribution in [3.63, 3.8) is 0 Å². The van der Waals surface area contributed by atoms with E-state index in [1.807, 2.05) is 53.2 Å². The minimum atomic E-state index is -0.0763. The number of aryl methyl sites for hydroxylation is 2. The van der Waals surface area contributed by atoms with Gasteiger partial charge in [0.15, 0.2) is 0 Å². The number of hydrogen-bond donors (Lipinski definition) is 0. The largest absolute Gasteiger partial charge is 0.307 e. The Labute approximate surface area is 140 Å². The fourth-order valence-electron chi connectivity index (χ4n) is 2.66. The average Bonchev–Trinajstić information content (AvgIpc) is 2.98. The van der Waals surface area contributed by atoms with E-state index < -0.39 is 0 Å². The molecule has 4 rings (SSSR count). The predicted molar refractivity (Wildman–Crippen MR) is 92.6 cm³/mol. The van der Waals surface area contributed by atoms with Crippen molar-refractivity contribution in [2.24, 2.45) is 0 Å². The van der Waals surface area contributed by atoms with Crippen molar-refractivity contribution >= 4 is 32.3 Å². The number of halogens is 1. The molecule has 1 aromatic carbocycles. The van der Waals surface area contributed by atoms with Crippen molar-refractivity contribution in [3.05, 3.63) is 75.5 Å². The van der Waals surface area contributed by atoms with Gasteiger partial charge in [0.2, 0.25) is 0 Å². The molecule has 0 fully saturated rings. The molecule has 0 radical (unpaired) electrons. The van der Waals surface area contributed by atoms with Crippen LogP contribution in [-0.4, -0.2) is 19.2 Å². The second-order valence-corrected chi connectivity index (χ2v) is 6.18. The Hall–Kier alpha value is -2.47. The minimum absolute atomic E-state index is 0.0763. The summed E-state index contributed by atoms with van der Waals surface area (Å²) in [6.07, 6.45) is 6.33. The van der Waals surface area contributed by atoms with E-state index in [1.165, 1.54) is 4.68 Å². The first-order valence-corrected chi connectivity index (χ1v) is 8.08. The molecule has 4 aromatic rings. The minimum Gasteiger partial charge on any atom is -0.307 e. The molecule has 0 aliphatic heterocycles. The molecular weight excluding hydrogens is 356 g/mol. The zero-order chi connectivity index (χ0) is 15.8. The van der Waals surface area contributed by atoms with Crippen molar-refractivity contribution in [1.29, 1.82) is 0 Å². The number of benzene rings is 1. The van der Waals surface area contributed by atoms with Crippen LogP contribution in [-0.2, 0) is 13.0 Å². The molecule has 0 saturated carbocycles. The van der Waals surface area contributed by atoms with E-state index in [2.05, 4.69) is 26.0 Å². The third kappa shape index (κ3) is 2.55.